The number of hydrogen-bond donors (Lipinski definition) is 1. The molecule has 1 N–H and O–H groups in total. The Bertz CT molecular complexity index is 912. The fourth-order valence-electron chi connectivity index (χ4n) is 9.94. The Morgan fingerprint density at radius 2 is 1.81 bits per heavy atom. The third-order valence-corrected chi connectivity index (χ3v) is 11.7. The van der Waals surface area contributed by atoms with Crippen LogP contribution >= 0.6 is 0 Å². The monoisotopic (exact) mass is 499 g/mol. The molecule has 36 heavy (non-hydrogen) atoms. The van der Waals surface area contributed by atoms with Crippen LogP contribution in [0.15, 0.2) is 11.3 Å². The van der Waals surface area contributed by atoms with Crippen LogP contribution in [0.1, 0.15) is 106 Å². The predicted molar refractivity (Wildman–Crippen MR) is 141 cm³/mol. The summed E-state index contributed by atoms with van der Waals surface area (Å²) in [4.78, 5) is 22.8. The Kier molecular flexibility index (Phi) is 7.00. The summed E-state index contributed by atoms with van der Waals surface area (Å²) in [5.74, 6) is 5.32. The molecule has 10 atom stereocenters. The first-order valence-electron chi connectivity index (χ1n) is 14.8. The van der Waals surface area contributed by atoms with E-state index in [9.17, 15) is 9.59 Å². The number of carbonyl (C=O) groups excluding carboxylic acids is 2. The van der Waals surface area contributed by atoms with Gasteiger partial charge < -0.3 is 14.8 Å². The van der Waals surface area contributed by atoms with Gasteiger partial charge in [0.15, 0.2) is 0 Å². The Morgan fingerprint density at radius 1 is 1.06 bits per heavy atom. The zero-order valence-electron chi connectivity index (χ0n) is 23.5. The third-order valence-electron chi connectivity index (χ3n) is 11.7. The van der Waals surface area contributed by atoms with Crippen molar-refractivity contribution in [2.45, 2.75) is 118 Å². The van der Waals surface area contributed by atoms with Gasteiger partial charge in [-0.25, -0.2) is 0 Å². The van der Waals surface area contributed by atoms with Crippen molar-refractivity contribution >= 4 is 11.9 Å². The topological polar surface area (TPSA) is 64.6 Å². The fourth-order valence-corrected chi connectivity index (χ4v) is 9.94. The molecule has 1 heterocycles. The fraction of sp³-hybridized carbons (Fsp3) is 0.871. The van der Waals surface area contributed by atoms with E-state index in [4.69, 9.17) is 9.47 Å². The van der Waals surface area contributed by atoms with Crippen molar-refractivity contribution in [3.63, 3.8) is 0 Å². The van der Waals surface area contributed by atoms with Gasteiger partial charge in [0, 0.05) is 32.7 Å². The van der Waals surface area contributed by atoms with Gasteiger partial charge >= 0.3 is 5.97 Å². The number of nitrogens with one attached hydrogen (secondary N) is 1. The first-order chi connectivity index (χ1) is 17.0. The summed E-state index contributed by atoms with van der Waals surface area (Å²) in [6.45, 7) is 13.6. The second-order valence-corrected chi connectivity index (χ2v) is 13.8. The molecule has 1 aliphatic heterocycles. The van der Waals surface area contributed by atoms with Gasteiger partial charge in [0.05, 0.1) is 5.76 Å². The molecule has 4 aliphatic carbocycles. The van der Waals surface area contributed by atoms with Crippen LogP contribution in [0.5, 0.6) is 0 Å². The van der Waals surface area contributed by atoms with E-state index in [1.807, 2.05) is 0 Å². The molecule has 0 bridgehead atoms. The predicted octanol–water partition coefficient (Wildman–Crippen LogP) is 6.41. The first kappa shape index (κ1) is 26.1. The molecular weight excluding hydrogens is 450 g/mol. The number of ether oxygens (including phenoxy) is 2. The Hall–Kier alpha value is -1.52. The molecule has 5 heteroatoms. The van der Waals surface area contributed by atoms with Crippen molar-refractivity contribution in [3.05, 3.63) is 11.3 Å². The summed E-state index contributed by atoms with van der Waals surface area (Å²) in [5, 5.41) is 2.96. The smallest absolute Gasteiger partial charge is 0.302 e. The van der Waals surface area contributed by atoms with Crippen molar-refractivity contribution in [3.8, 4) is 0 Å². The molecule has 4 fully saturated rings. The van der Waals surface area contributed by atoms with Gasteiger partial charge in [-0.05, 0) is 111 Å². The zero-order valence-corrected chi connectivity index (χ0v) is 23.5. The molecule has 5 aliphatic rings. The summed E-state index contributed by atoms with van der Waals surface area (Å²) in [5.41, 5.74) is 2.29. The summed E-state index contributed by atoms with van der Waals surface area (Å²) < 4.78 is 12.4. The summed E-state index contributed by atoms with van der Waals surface area (Å²) in [6.07, 6.45) is 12.4. The minimum atomic E-state index is -0.117. The lowest BCUT2D eigenvalue weighted by atomic mass is 9.44. The number of esters is 1. The maximum atomic E-state index is 11.6. The van der Waals surface area contributed by atoms with Crippen LogP contribution in [0.4, 0.5) is 0 Å². The standard InChI is InChI=1S/C31H49NO4/c1-18(17-32-20(3)33)7-10-27-19(2)29-28(36-27)16-26-24-9-8-22-15-23(35-21(4)34)11-13-30(22,5)25(24)12-14-31(26,29)6/h18,22-26,28-29H,7-17H2,1-6H3,(H,32,33)/t18?,22?,23?,24-,25+,26+,28+,29+,30+,31+/m1/s1. The maximum Gasteiger partial charge on any atom is 0.302 e. The summed E-state index contributed by atoms with van der Waals surface area (Å²) in [6, 6.07) is 0. The lowest BCUT2D eigenvalue weighted by Gasteiger charge is -2.61. The molecule has 0 aromatic heterocycles. The highest BCUT2D eigenvalue weighted by molar-refractivity contribution is 5.72. The molecule has 1 amide bonds. The number of fused-ring (bicyclic) bond motifs is 7. The van der Waals surface area contributed by atoms with Crippen molar-refractivity contribution in [2.24, 2.45) is 46.3 Å². The van der Waals surface area contributed by atoms with Gasteiger partial charge in [-0.2, -0.15) is 0 Å². The summed E-state index contributed by atoms with van der Waals surface area (Å²) >= 11 is 0. The van der Waals surface area contributed by atoms with Gasteiger partial charge in [-0.1, -0.05) is 20.8 Å². The van der Waals surface area contributed by atoms with E-state index < -0.39 is 0 Å². The average Bonchev–Trinajstić information content (AvgIpc) is 3.29. The van der Waals surface area contributed by atoms with Crippen LogP contribution in [0, 0.1) is 46.3 Å². The van der Waals surface area contributed by atoms with Crippen molar-refractivity contribution in [2.75, 3.05) is 6.54 Å². The molecule has 3 unspecified atom stereocenters. The number of carbonyl (C=O) groups is 2. The normalized spacial score (nSPS) is 44.0. The van der Waals surface area contributed by atoms with Crippen LogP contribution in [0.3, 0.4) is 0 Å². The van der Waals surface area contributed by atoms with Crippen LogP contribution in [0.2, 0.25) is 0 Å². The highest BCUT2D eigenvalue weighted by atomic mass is 16.5. The van der Waals surface area contributed by atoms with Gasteiger partial charge in [-0.15, -0.1) is 0 Å². The lowest BCUT2D eigenvalue weighted by Crippen LogP contribution is -2.54. The molecule has 4 saturated carbocycles. The van der Waals surface area contributed by atoms with Crippen molar-refractivity contribution < 1.29 is 19.1 Å². The van der Waals surface area contributed by atoms with Crippen LogP contribution in [0.25, 0.3) is 0 Å². The Labute approximate surface area is 218 Å². The molecule has 0 radical (unpaired) electrons. The number of rotatable bonds is 6. The second-order valence-electron chi connectivity index (χ2n) is 13.8. The number of allylic oxidation sites excluding steroid dienone is 1. The van der Waals surface area contributed by atoms with Crippen molar-refractivity contribution in [1.29, 1.82) is 0 Å². The minimum absolute atomic E-state index is 0.0544. The molecule has 0 aromatic carbocycles. The van der Waals surface area contributed by atoms with Crippen LogP contribution in [-0.4, -0.2) is 30.6 Å². The van der Waals surface area contributed by atoms with Crippen molar-refractivity contribution in [1.82, 2.24) is 5.32 Å². The van der Waals surface area contributed by atoms with E-state index in [0.717, 1.165) is 50.0 Å². The summed E-state index contributed by atoms with van der Waals surface area (Å²) in [7, 11) is 0. The number of amides is 1. The first-order valence-corrected chi connectivity index (χ1v) is 14.8. The van der Waals surface area contributed by atoms with Crippen LogP contribution < -0.4 is 5.32 Å². The van der Waals surface area contributed by atoms with E-state index in [1.54, 1.807) is 13.8 Å². The average molecular weight is 500 g/mol. The van der Waals surface area contributed by atoms with E-state index in [1.165, 1.54) is 49.9 Å². The van der Waals surface area contributed by atoms with Gasteiger partial charge in [0.2, 0.25) is 5.91 Å². The molecule has 0 saturated heterocycles. The highest BCUT2D eigenvalue weighted by Crippen LogP contribution is 2.69. The Morgan fingerprint density at radius 3 is 2.53 bits per heavy atom. The Balaban J connectivity index is 1.26. The zero-order chi connectivity index (χ0) is 25.8. The molecular formula is C31H49NO4. The quantitative estimate of drug-likeness (QED) is 0.429. The number of hydrogen-bond acceptors (Lipinski definition) is 4. The molecule has 0 aromatic rings. The van der Waals surface area contributed by atoms with Gasteiger partial charge in [0.1, 0.15) is 12.2 Å². The van der Waals surface area contributed by atoms with Gasteiger partial charge in [-0.3, -0.25) is 9.59 Å². The third kappa shape index (κ3) is 4.41. The minimum Gasteiger partial charge on any atom is -0.494 e. The van der Waals surface area contributed by atoms with Crippen LogP contribution in [-0.2, 0) is 19.1 Å². The van der Waals surface area contributed by atoms with E-state index in [2.05, 4.69) is 33.0 Å². The van der Waals surface area contributed by atoms with Gasteiger partial charge in [0.25, 0.3) is 0 Å². The lowest BCUT2D eigenvalue weighted by molar-refractivity contribution is -0.159. The van der Waals surface area contributed by atoms with E-state index in [0.29, 0.717) is 34.7 Å². The maximum absolute atomic E-state index is 11.6. The van der Waals surface area contributed by atoms with E-state index >= 15 is 0 Å². The molecule has 202 valence electrons. The molecule has 5 nitrogen and oxygen atoms in total. The molecule has 5 rings (SSSR count). The molecule has 0 spiro atoms. The second kappa shape index (κ2) is 9.66. The van der Waals surface area contributed by atoms with E-state index in [-0.39, 0.29) is 18.0 Å². The SMILES string of the molecule is CC(=O)NCC(C)CCC1=C(C)[C@H]2[C@H](C[C@H]3[C@@H]4CCC5CC(OC(C)=O)CC[C@]5(C)[C@H]4CC[C@@]32C)O1. The highest BCUT2D eigenvalue weighted by Gasteiger charge is 2.64. The largest absolute Gasteiger partial charge is 0.494 e.